The molecule has 1 aliphatic carbocycles. The molecule has 1 heterocycles. The average Bonchev–Trinajstić information content (AvgIpc) is 2.78. The number of hydrogen-bond donors (Lipinski definition) is 1. The van der Waals surface area contributed by atoms with E-state index in [2.05, 4.69) is 11.8 Å². The Kier molecular flexibility index (Phi) is 4.40. The maximum atomic E-state index is 12.1. The fourth-order valence-corrected chi connectivity index (χ4v) is 2.76. The number of aliphatic hydroxyl groups is 1. The molecule has 0 bridgehead atoms. The average molecular weight is 263 g/mol. The summed E-state index contributed by atoms with van der Waals surface area (Å²) in [7, 11) is 1.86. The third kappa shape index (κ3) is 3.12. The first-order valence-corrected chi connectivity index (χ1v) is 7.02. The summed E-state index contributed by atoms with van der Waals surface area (Å²) in [6, 6.07) is 1.80. The van der Waals surface area contributed by atoms with Crippen molar-refractivity contribution >= 4 is 17.2 Å². The van der Waals surface area contributed by atoms with Gasteiger partial charge in [0, 0.05) is 19.0 Å². The van der Waals surface area contributed by atoms with E-state index in [0.717, 1.165) is 11.4 Å². The minimum atomic E-state index is -0.150. The summed E-state index contributed by atoms with van der Waals surface area (Å²) in [5.41, 5.74) is 0.698. The van der Waals surface area contributed by atoms with E-state index in [0.29, 0.717) is 11.5 Å². The molecule has 1 aromatic rings. The van der Waals surface area contributed by atoms with Crippen LogP contribution in [0.5, 0.6) is 0 Å². The molecule has 0 spiro atoms. The molecule has 0 aliphatic heterocycles. The largest absolute Gasteiger partial charge is 0.384 e. The van der Waals surface area contributed by atoms with Crippen LogP contribution in [0.1, 0.15) is 34.5 Å². The molecule has 1 saturated carbocycles. The molecular weight excluding hydrogens is 246 g/mol. The van der Waals surface area contributed by atoms with Crippen molar-refractivity contribution in [3.8, 4) is 11.8 Å². The van der Waals surface area contributed by atoms with Crippen LogP contribution >= 0.6 is 11.3 Å². The van der Waals surface area contributed by atoms with Crippen molar-refractivity contribution in [3.63, 3.8) is 0 Å². The Labute approximate surface area is 111 Å². The van der Waals surface area contributed by atoms with Crippen molar-refractivity contribution in [1.82, 2.24) is 4.90 Å². The van der Waals surface area contributed by atoms with E-state index in [-0.39, 0.29) is 12.5 Å². The zero-order valence-electron chi connectivity index (χ0n) is 10.5. The monoisotopic (exact) mass is 263 g/mol. The van der Waals surface area contributed by atoms with Gasteiger partial charge in [-0.25, -0.2) is 0 Å². The molecule has 1 fully saturated rings. The molecule has 18 heavy (non-hydrogen) atoms. The van der Waals surface area contributed by atoms with Crippen molar-refractivity contribution in [2.45, 2.75) is 19.3 Å². The lowest BCUT2D eigenvalue weighted by molar-refractivity contribution is 0.0746. The molecule has 1 amide bonds. The Morgan fingerprint density at radius 2 is 2.39 bits per heavy atom. The molecule has 0 atom stereocenters. The van der Waals surface area contributed by atoms with Crippen LogP contribution in [0.4, 0.5) is 0 Å². The molecule has 4 heteroatoms. The summed E-state index contributed by atoms with van der Waals surface area (Å²) >= 11 is 1.44. The summed E-state index contributed by atoms with van der Waals surface area (Å²) in [6.45, 7) is 0.703. The lowest BCUT2D eigenvalue weighted by Crippen LogP contribution is -2.34. The highest BCUT2D eigenvalue weighted by Gasteiger charge is 2.22. The number of thiophene rings is 1. The molecular formula is C14H17NO2S. The number of hydrogen-bond acceptors (Lipinski definition) is 3. The van der Waals surface area contributed by atoms with Crippen molar-refractivity contribution in [3.05, 3.63) is 21.9 Å². The van der Waals surface area contributed by atoms with E-state index >= 15 is 0 Å². The van der Waals surface area contributed by atoms with Crippen molar-refractivity contribution in [2.75, 3.05) is 20.2 Å². The fourth-order valence-electron chi connectivity index (χ4n) is 2.01. The highest BCUT2D eigenvalue weighted by Crippen LogP contribution is 2.27. The lowest BCUT2D eigenvalue weighted by Gasteiger charge is -2.30. The lowest BCUT2D eigenvalue weighted by atomic mass is 9.85. The van der Waals surface area contributed by atoms with E-state index < -0.39 is 0 Å². The second kappa shape index (κ2) is 6.03. The van der Waals surface area contributed by atoms with Crippen molar-refractivity contribution < 1.29 is 9.90 Å². The van der Waals surface area contributed by atoms with Gasteiger partial charge in [0.2, 0.25) is 0 Å². The van der Waals surface area contributed by atoms with E-state index in [1.165, 1.54) is 30.6 Å². The third-order valence-electron chi connectivity index (χ3n) is 3.24. The Bertz CT molecular complexity index is 479. The number of carbonyl (C=O) groups is 1. The van der Waals surface area contributed by atoms with Crippen LogP contribution in [0.2, 0.25) is 0 Å². The second-order valence-corrected chi connectivity index (χ2v) is 5.55. The van der Waals surface area contributed by atoms with Crippen LogP contribution in [0, 0.1) is 17.8 Å². The molecule has 0 unspecified atom stereocenters. The van der Waals surface area contributed by atoms with Crippen LogP contribution in [-0.4, -0.2) is 36.1 Å². The van der Waals surface area contributed by atoms with Gasteiger partial charge in [-0.1, -0.05) is 18.3 Å². The fraction of sp³-hybridized carbons (Fsp3) is 0.500. The van der Waals surface area contributed by atoms with Gasteiger partial charge < -0.3 is 10.0 Å². The summed E-state index contributed by atoms with van der Waals surface area (Å²) in [6.07, 6.45) is 3.79. The molecule has 1 aromatic heterocycles. The smallest absolute Gasteiger partial charge is 0.254 e. The Balaban J connectivity index is 1.96. The first-order valence-electron chi connectivity index (χ1n) is 6.14. The SMILES string of the molecule is CN(CC1CCC1)C(=O)c1csc(C#CCO)c1. The maximum absolute atomic E-state index is 12.1. The van der Waals surface area contributed by atoms with Crippen LogP contribution in [0.25, 0.3) is 0 Å². The summed E-state index contributed by atoms with van der Waals surface area (Å²) in [5.74, 6) is 6.16. The second-order valence-electron chi connectivity index (χ2n) is 4.64. The number of carbonyl (C=O) groups excluding carboxylic acids is 1. The minimum absolute atomic E-state index is 0.0650. The summed E-state index contributed by atoms with van der Waals surface area (Å²) < 4.78 is 0. The van der Waals surface area contributed by atoms with E-state index in [4.69, 9.17) is 5.11 Å². The minimum Gasteiger partial charge on any atom is -0.384 e. The van der Waals surface area contributed by atoms with E-state index in [1.807, 2.05) is 12.4 Å². The molecule has 0 saturated heterocycles. The molecule has 1 N–H and O–H groups in total. The van der Waals surface area contributed by atoms with Gasteiger partial charge in [0.15, 0.2) is 0 Å². The number of aliphatic hydroxyl groups excluding tert-OH is 1. The number of nitrogens with zero attached hydrogens (tertiary/aromatic N) is 1. The number of amides is 1. The standard InChI is InChI=1S/C14H17NO2S/c1-15(9-11-4-2-5-11)14(17)12-8-13(18-10-12)6-3-7-16/h8,10-11,16H,2,4-5,7,9H2,1H3. The predicted octanol–water partition coefficient (Wildman–Crippen LogP) is 1.96. The van der Waals surface area contributed by atoms with Gasteiger partial charge in [0.1, 0.15) is 6.61 Å². The van der Waals surface area contributed by atoms with Crippen LogP contribution in [0.3, 0.4) is 0 Å². The third-order valence-corrected chi connectivity index (χ3v) is 4.09. The van der Waals surface area contributed by atoms with Crippen LogP contribution in [-0.2, 0) is 0 Å². The van der Waals surface area contributed by atoms with Crippen LogP contribution in [0.15, 0.2) is 11.4 Å². The Morgan fingerprint density at radius 1 is 1.61 bits per heavy atom. The van der Waals surface area contributed by atoms with E-state index in [1.54, 1.807) is 11.0 Å². The van der Waals surface area contributed by atoms with E-state index in [9.17, 15) is 4.79 Å². The zero-order chi connectivity index (χ0) is 13.0. The van der Waals surface area contributed by atoms with Gasteiger partial charge in [0.25, 0.3) is 5.91 Å². The molecule has 0 aromatic carbocycles. The van der Waals surface area contributed by atoms with Crippen molar-refractivity contribution in [2.24, 2.45) is 5.92 Å². The van der Waals surface area contributed by atoms with Gasteiger partial charge >= 0.3 is 0 Å². The summed E-state index contributed by atoms with van der Waals surface area (Å²) in [4.78, 5) is 14.8. The van der Waals surface area contributed by atoms with Gasteiger partial charge in [-0.15, -0.1) is 11.3 Å². The highest BCUT2D eigenvalue weighted by atomic mass is 32.1. The molecule has 0 radical (unpaired) electrons. The van der Waals surface area contributed by atoms with Gasteiger partial charge in [-0.3, -0.25) is 4.79 Å². The first-order chi connectivity index (χ1) is 8.70. The normalized spacial score (nSPS) is 14.6. The Morgan fingerprint density at radius 3 is 3.00 bits per heavy atom. The van der Waals surface area contributed by atoms with Gasteiger partial charge in [-0.2, -0.15) is 0 Å². The number of rotatable bonds is 3. The highest BCUT2D eigenvalue weighted by molar-refractivity contribution is 7.10. The topological polar surface area (TPSA) is 40.5 Å². The van der Waals surface area contributed by atoms with Gasteiger partial charge in [0.05, 0.1) is 10.4 Å². The molecule has 1 aliphatic rings. The molecule has 2 rings (SSSR count). The predicted molar refractivity (Wildman–Crippen MR) is 72.6 cm³/mol. The molecule has 3 nitrogen and oxygen atoms in total. The zero-order valence-corrected chi connectivity index (χ0v) is 11.3. The summed E-state index contributed by atoms with van der Waals surface area (Å²) in [5, 5.41) is 10.5. The maximum Gasteiger partial charge on any atom is 0.254 e. The first kappa shape index (κ1) is 13.1. The van der Waals surface area contributed by atoms with Gasteiger partial charge in [-0.05, 0) is 24.8 Å². The quantitative estimate of drug-likeness (QED) is 0.847. The van der Waals surface area contributed by atoms with Crippen molar-refractivity contribution in [1.29, 1.82) is 0 Å². The molecule has 96 valence electrons. The Hall–Kier alpha value is -1.31. The van der Waals surface area contributed by atoms with Crippen LogP contribution < -0.4 is 0 Å².